The van der Waals surface area contributed by atoms with Crippen molar-refractivity contribution in [3.05, 3.63) is 122 Å². The van der Waals surface area contributed by atoms with Gasteiger partial charge in [0.25, 0.3) is 0 Å². The SMILES string of the molecule is CC/C=C\C/C=C\C/C=C\C/C=C\C/C=C\C/C=C\CCC(=O)OC(CO)COCCCCCCCCCCCCC/C=C\C/C=C\C/C=C\C/C=C\CC. The molecule has 0 aromatic rings. The van der Waals surface area contributed by atoms with Crippen molar-refractivity contribution in [3.8, 4) is 0 Å². The number of allylic oxidation sites excluding steroid dienone is 20. The lowest BCUT2D eigenvalue weighted by atomic mass is 10.1. The van der Waals surface area contributed by atoms with Gasteiger partial charge in [-0.25, -0.2) is 0 Å². The van der Waals surface area contributed by atoms with Gasteiger partial charge in [0.2, 0.25) is 0 Å². The molecular formula is C51H82O4. The van der Waals surface area contributed by atoms with Gasteiger partial charge in [0, 0.05) is 13.0 Å². The van der Waals surface area contributed by atoms with Gasteiger partial charge in [-0.2, -0.15) is 0 Å². The third-order valence-corrected chi connectivity index (χ3v) is 8.80. The van der Waals surface area contributed by atoms with E-state index in [1.54, 1.807) is 0 Å². The Morgan fingerprint density at radius 2 is 0.764 bits per heavy atom. The zero-order chi connectivity index (χ0) is 39.8. The molecule has 0 aliphatic rings. The quantitative estimate of drug-likeness (QED) is 0.0385. The molecule has 1 atom stereocenters. The van der Waals surface area contributed by atoms with Crippen LogP contribution in [0.2, 0.25) is 0 Å². The van der Waals surface area contributed by atoms with E-state index in [1.165, 1.54) is 64.2 Å². The normalized spacial score (nSPS) is 13.6. The van der Waals surface area contributed by atoms with Crippen molar-refractivity contribution in [2.75, 3.05) is 19.8 Å². The first-order valence-electron chi connectivity index (χ1n) is 22.1. The van der Waals surface area contributed by atoms with Gasteiger partial charge < -0.3 is 14.6 Å². The van der Waals surface area contributed by atoms with Gasteiger partial charge >= 0.3 is 5.97 Å². The highest BCUT2D eigenvalue weighted by Crippen LogP contribution is 2.13. The predicted molar refractivity (Wildman–Crippen MR) is 241 cm³/mol. The number of unbranched alkanes of at least 4 members (excludes halogenated alkanes) is 11. The number of ether oxygens (including phenoxy) is 2. The average molecular weight is 759 g/mol. The Kier molecular flexibility index (Phi) is 44.2. The van der Waals surface area contributed by atoms with E-state index in [4.69, 9.17) is 9.47 Å². The van der Waals surface area contributed by atoms with Crippen molar-refractivity contribution in [1.82, 2.24) is 0 Å². The van der Waals surface area contributed by atoms with Crippen LogP contribution in [-0.4, -0.2) is 37.0 Å². The molecule has 0 aromatic carbocycles. The standard InChI is InChI=1S/C51H82O4/c1-3-5-7-9-11-13-15-17-19-21-23-24-25-26-27-29-31-33-35-37-39-41-43-45-47-54-49-50(48-52)55-51(53)46-44-42-40-38-36-34-32-30-28-22-20-18-16-14-12-10-8-6-4-2/h5-8,11-14,17-20,23-24,28,30,34,36,40,42,50,52H,3-4,9-10,15-16,21-22,25-27,29,31-33,35,37-39,41,43-49H2,1-2H3/b7-5-,8-6-,13-11-,14-12-,19-17-,20-18-,24-23-,30-28-,36-34-,42-40-. The lowest BCUT2D eigenvalue weighted by Gasteiger charge is -2.15. The molecule has 55 heavy (non-hydrogen) atoms. The van der Waals surface area contributed by atoms with E-state index in [0.717, 1.165) is 77.0 Å². The molecule has 0 radical (unpaired) electrons. The number of esters is 1. The van der Waals surface area contributed by atoms with Crippen LogP contribution in [0.5, 0.6) is 0 Å². The topological polar surface area (TPSA) is 55.8 Å². The van der Waals surface area contributed by atoms with Crippen molar-refractivity contribution in [2.45, 2.75) is 174 Å². The van der Waals surface area contributed by atoms with Crippen molar-refractivity contribution in [2.24, 2.45) is 0 Å². The Labute approximate surface area is 339 Å². The molecule has 1 N–H and O–H groups in total. The monoisotopic (exact) mass is 759 g/mol. The van der Waals surface area contributed by atoms with Gasteiger partial charge in [-0.1, -0.05) is 193 Å². The fourth-order valence-electron chi connectivity index (χ4n) is 5.58. The van der Waals surface area contributed by atoms with E-state index in [-0.39, 0.29) is 19.2 Å². The molecule has 310 valence electrons. The van der Waals surface area contributed by atoms with E-state index in [9.17, 15) is 9.90 Å². The average Bonchev–Trinajstić information content (AvgIpc) is 3.19. The van der Waals surface area contributed by atoms with Crippen LogP contribution >= 0.6 is 0 Å². The highest BCUT2D eigenvalue weighted by Gasteiger charge is 2.13. The molecule has 1 unspecified atom stereocenters. The first kappa shape index (κ1) is 51.8. The molecule has 0 spiro atoms. The second kappa shape index (κ2) is 46.9. The van der Waals surface area contributed by atoms with Gasteiger partial charge in [0.1, 0.15) is 6.10 Å². The van der Waals surface area contributed by atoms with E-state index < -0.39 is 6.10 Å². The van der Waals surface area contributed by atoms with Crippen LogP contribution in [0.4, 0.5) is 0 Å². The van der Waals surface area contributed by atoms with E-state index in [1.807, 2.05) is 6.08 Å². The second-order valence-electron chi connectivity index (χ2n) is 14.0. The molecular weight excluding hydrogens is 677 g/mol. The van der Waals surface area contributed by atoms with Gasteiger partial charge in [0.15, 0.2) is 0 Å². The maximum Gasteiger partial charge on any atom is 0.306 e. The predicted octanol–water partition coefficient (Wildman–Crippen LogP) is 14.9. The third kappa shape index (κ3) is 45.1. The Morgan fingerprint density at radius 3 is 1.15 bits per heavy atom. The Morgan fingerprint density at radius 1 is 0.436 bits per heavy atom. The summed E-state index contributed by atoms with van der Waals surface area (Å²) in [4.78, 5) is 12.2. The molecule has 4 nitrogen and oxygen atoms in total. The van der Waals surface area contributed by atoms with Crippen molar-refractivity contribution in [3.63, 3.8) is 0 Å². The molecule has 0 heterocycles. The molecule has 0 fully saturated rings. The summed E-state index contributed by atoms with van der Waals surface area (Å²) in [7, 11) is 0. The third-order valence-electron chi connectivity index (χ3n) is 8.80. The molecule has 0 aliphatic carbocycles. The summed E-state index contributed by atoms with van der Waals surface area (Å²) in [5.41, 5.74) is 0. The molecule has 0 amide bonds. The van der Waals surface area contributed by atoms with Crippen molar-refractivity contribution in [1.29, 1.82) is 0 Å². The summed E-state index contributed by atoms with van der Waals surface area (Å²) in [6.07, 6.45) is 69.9. The van der Waals surface area contributed by atoms with Gasteiger partial charge in [-0.05, 0) is 89.9 Å². The number of hydrogen-bond acceptors (Lipinski definition) is 4. The summed E-state index contributed by atoms with van der Waals surface area (Å²) in [6, 6.07) is 0. The maximum atomic E-state index is 12.2. The molecule has 0 aromatic heterocycles. The fourth-order valence-corrected chi connectivity index (χ4v) is 5.58. The van der Waals surface area contributed by atoms with Crippen LogP contribution in [0, 0.1) is 0 Å². The molecule has 0 aliphatic heterocycles. The zero-order valence-electron chi connectivity index (χ0n) is 35.4. The van der Waals surface area contributed by atoms with E-state index in [2.05, 4.69) is 129 Å². The lowest BCUT2D eigenvalue weighted by Crippen LogP contribution is -2.27. The minimum atomic E-state index is -0.586. The Hall–Kier alpha value is -3.21. The summed E-state index contributed by atoms with van der Waals surface area (Å²) >= 11 is 0. The van der Waals surface area contributed by atoms with Crippen LogP contribution in [0.3, 0.4) is 0 Å². The fraction of sp³-hybridized carbons (Fsp3) is 0.588. The lowest BCUT2D eigenvalue weighted by molar-refractivity contribution is -0.154. The van der Waals surface area contributed by atoms with Crippen molar-refractivity contribution < 1.29 is 19.4 Å². The van der Waals surface area contributed by atoms with Gasteiger partial charge in [-0.15, -0.1) is 0 Å². The van der Waals surface area contributed by atoms with E-state index >= 15 is 0 Å². The maximum absolute atomic E-state index is 12.2. The number of rotatable bonds is 39. The molecule has 4 heteroatoms. The molecule has 0 rings (SSSR count). The van der Waals surface area contributed by atoms with Gasteiger partial charge in [-0.3, -0.25) is 4.79 Å². The number of aliphatic hydroxyl groups is 1. The van der Waals surface area contributed by atoms with Crippen molar-refractivity contribution >= 4 is 5.97 Å². The number of carbonyl (C=O) groups excluding carboxylic acids is 1. The first-order chi connectivity index (χ1) is 27.2. The minimum Gasteiger partial charge on any atom is -0.457 e. The summed E-state index contributed by atoms with van der Waals surface area (Å²) < 4.78 is 11.1. The van der Waals surface area contributed by atoms with Gasteiger partial charge in [0.05, 0.1) is 13.2 Å². The minimum absolute atomic E-state index is 0.211. The summed E-state index contributed by atoms with van der Waals surface area (Å²) in [5, 5.41) is 9.60. The smallest absolute Gasteiger partial charge is 0.306 e. The highest BCUT2D eigenvalue weighted by atomic mass is 16.6. The summed E-state index contributed by atoms with van der Waals surface area (Å²) in [5.74, 6) is -0.288. The number of hydrogen-bond donors (Lipinski definition) is 1. The molecule has 0 saturated carbocycles. The number of carbonyl (C=O) groups is 1. The van der Waals surface area contributed by atoms with Crippen LogP contribution in [0.25, 0.3) is 0 Å². The van der Waals surface area contributed by atoms with Crippen LogP contribution < -0.4 is 0 Å². The summed E-state index contributed by atoms with van der Waals surface area (Å²) in [6.45, 7) is 5.01. The van der Waals surface area contributed by atoms with Crippen LogP contribution in [0.1, 0.15) is 168 Å². The van der Waals surface area contributed by atoms with Crippen LogP contribution in [0.15, 0.2) is 122 Å². The highest BCUT2D eigenvalue weighted by molar-refractivity contribution is 5.69. The van der Waals surface area contributed by atoms with Crippen LogP contribution in [-0.2, 0) is 14.3 Å². The Bertz CT molecular complexity index is 1110. The number of aliphatic hydroxyl groups excluding tert-OH is 1. The van der Waals surface area contributed by atoms with E-state index in [0.29, 0.717) is 19.4 Å². The zero-order valence-corrected chi connectivity index (χ0v) is 35.4. The second-order valence-corrected chi connectivity index (χ2v) is 14.0. The first-order valence-corrected chi connectivity index (χ1v) is 22.1. The molecule has 0 bridgehead atoms. The largest absolute Gasteiger partial charge is 0.457 e. The molecule has 0 saturated heterocycles. The Balaban J connectivity index is 3.58.